The van der Waals surface area contributed by atoms with E-state index in [-0.39, 0.29) is 11.5 Å². The highest BCUT2D eigenvalue weighted by atomic mass is 35.5. The predicted octanol–water partition coefficient (Wildman–Crippen LogP) is 3.11. The van der Waals surface area contributed by atoms with E-state index in [1.54, 1.807) is 12.1 Å². The minimum Gasteiger partial charge on any atom is -0.545 e. The van der Waals surface area contributed by atoms with Gasteiger partial charge in [-0.05, 0) is 35.4 Å². The molecule has 1 fully saturated rings. The molecule has 0 unspecified atom stereocenters. The number of carboxylic acid groups (broad SMARTS) is 1. The van der Waals surface area contributed by atoms with Crippen LogP contribution in [0.15, 0.2) is 53.4 Å². The van der Waals surface area contributed by atoms with Crippen LogP contribution < -0.4 is 10.0 Å². The number of benzene rings is 2. The molecule has 0 bridgehead atoms. The molecule has 0 saturated carbocycles. The summed E-state index contributed by atoms with van der Waals surface area (Å²) < 4.78 is 0.375. The number of anilines is 1. The van der Waals surface area contributed by atoms with Crippen LogP contribution in [-0.2, 0) is 4.79 Å². The standard InChI is InChI=1S/C17H10ClNO3S2/c18-13-4-2-1-3-11(13)9-14-15(20)19(17(23)24-14)12-7-5-10(6-8-12)16(21)22/h1-9H,(H,21,22)/p-1/b14-9+. The third kappa shape index (κ3) is 3.21. The summed E-state index contributed by atoms with van der Waals surface area (Å²) in [7, 11) is 0. The molecular weight excluding hydrogens is 366 g/mol. The summed E-state index contributed by atoms with van der Waals surface area (Å²) in [5, 5.41) is 11.3. The molecule has 7 heteroatoms. The average molecular weight is 375 g/mol. The van der Waals surface area contributed by atoms with Crippen LogP contribution in [0, 0.1) is 0 Å². The lowest BCUT2D eigenvalue weighted by atomic mass is 10.2. The van der Waals surface area contributed by atoms with Crippen LogP contribution in [0.1, 0.15) is 15.9 Å². The fourth-order valence-corrected chi connectivity index (χ4v) is 3.65. The molecule has 0 spiro atoms. The highest BCUT2D eigenvalue weighted by Gasteiger charge is 2.33. The summed E-state index contributed by atoms with van der Waals surface area (Å²) >= 11 is 12.6. The first kappa shape index (κ1) is 16.7. The smallest absolute Gasteiger partial charge is 0.270 e. The molecule has 0 aromatic heterocycles. The second-order valence-corrected chi connectivity index (χ2v) is 6.96. The van der Waals surface area contributed by atoms with Crippen molar-refractivity contribution >= 4 is 63.5 Å². The van der Waals surface area contributed by atoms with Gasteiger partial charge in [-0.15, -0.1) is 0 Å². The molecule has 0 radical (unpaired) electrons. The number of hydrogen-bond acceptors (Lipinski definition) is 5. The van der Waals surface area contributed by atoms with Gasteiger partial charge < -0.3 is 9.90 Å². The van der Waals surface area contributed by atoms with E-state index in [2.05, 4.69) is 0 Å². The van der Waals surface area contributed by atoms with Crippen LogP contribution in [0.25, 0.3) is 6.08 Å². The number of carbonyl (C=O) groups excluding carboxylic acids is 2. The van der Waals surface area contributed by atoms with Gasteiger partial charge in [0.25, 0.3) is 5.91 Å². The number of hydrogen-bond donors (Lipinski definition) is 0. The molecule has 1 heterocycles. The van der Waals surface area contributed by atoms with Crippen LogP contribution in [0.4, 0.5) is 5.69 Å². The maximum Gasteiger partial charge on any atom is 0.270 e. The van der Waals surface area contributed by atoms with Gasteiger partial charge in [-0.1, -0.05) is 65.9 Å². The maximum atomic E-state index is 12.6. The van der Waals surface area contributed by atoms with Crippen molar-refractivity contribution in [3.8, 4) is 0 Å². The average Bonchev–Trinajstić information content (AvgIpc) is 2.84. The normalized spacial score (nSPS) is 16.0. The Labute approximate surface area is 152 Å². The van der Waals surface area contributed by atoms with Gasteiger partial charge >= 0.3 is 0 Å². The predicted molar refractivity (Wildman–Crippen MR) is 97.9 cm³/mol. The molecule has 3 rings (SSSR count). The number of aromatic carboxylic acids is 1. The second-order valence-electron chi connectivity index (χ2n) is 4.87. The van der Waals surface area contributed by atoms with Gasteiger partial charge in [0.05, 0.1) is 16.6 Å². The van der Waals surface area contributed by atoms with Crippen LogP contribution in [-0.4, -0.2) is 16.2 Å². The Morgan fingerprint density at radius 1 is 1.17 bits per heavy atom. The van der Waals surface area contributed by atoms with Crippen molar-refractivity contribution in [3.05, 3.63) is 69.6 Å². The fourth-order valence-electron chi connectivity index (χ4n) is 2.17. The van der Waals surface area contributed by atoms with Crippen molar-refractivity contribution in [1.29, 1.82) is 0 Å². The van der Waals surface area contributed by atoms with Crippen LogP contribution in [0.2, 0.25) is 5.02 Å². The number of nitrogens with zero attached hydrogens (tertiary/aromatic N) is 1. The van der Waals surface area contributed by atoms with E-state index >= 15 is 0 Å². The van der Waals surface area contributed by atoms with Crippen molar-refractivity contribution in [2.24, 2.45) is 0 Å². The van der Waals surface area contributed by atoms with Gasteiger partial charge in [-0.3, -0.25) is 9.69 Å². The number of amides is 1. The topological polar surface area (TPSA) is 60.4 Å². The van der Waals surface area contributed by atoms with Crippen LogP contribution >= 0.6 is 35.6 Å². The Bertz CT molecular complexity index is 878. The van der Waals surface area contributed by atoms with Crippen LogP contribution in [0.5, 0.6) is 0 Å². The Morgan fingerprint density at radius 3 is 2.46 bits per heavy atom. The largest absolute Gasteiger partial charge is 0.545 e. The molecule has 1 aliphatic rings. The molecule has 2 aromatic rings. The zero-order valence-electron chi connectivity index (χ0n) is 12.1. The zero-order valence-corrected chi connectivity index (χ0v) is 14.5. The molecule has 0 atom stereocenters. The summed E-state index contributed by atoms with van der Waals surface area (Å²) in [6.45, 7) is 0. The first-order valence-corrected chi connectivity index (χ1v) is 8.41. The van der Waals surface area contributed by atoms with Crippen LogP contribution in [0.3, 0.4) is 0 Å². The molecular formula is C17H9ClNO3S2-. The highest BCUT2D eigenvalue weighted by molar-refractivity contribution is 8.27. The van der Waals surface area contributed by atoms with Gasteiger partial charge in [-0.2, -0.15) is 0 Å². The van der Waals surface area contributed by atoms with Gasteiger partial charge in [0.1, 0.15) is 0 Å². The Kier molecular flexibility index (Phi) is 4.71. The molecule has 0 aliphatic carbocycles. The Balaban J connectivity index is 1.92. The molecule has 24 heavy (non-hydrogen) atoms. The number of halogens is 1. The second kappa shape index (κ2) is 6.76. The molecule has 0 N–H and O–H groups in total. The lowest BCUT2D eigenvalue weighted by molar-refractivity contribution is -0.255. The van der Waals surface area contributed by atoms with E-state index in [0.29, 0.717) is 19.9 Å². The van der Waals surface area contributed by atoms with E-state index in [0.717, 1.165) is 5.56 Å². The van der Waals surface area contributed by atoms with Crippen molar-refractivity contribution < 1.29 is 14.7 Å². The van der Waals surface area contributed by atoms with E-state index in [4.69, 9.17) is 23.8 Å². The monoisotopic (exact) mass is 374 g/mol. The molecule has 120 valence electrons. The van der Waals surface area contributed by atoms with E-state index in [9.17, 15) is 14.7 Å². The van der Waals surface area contributed by atoms with Gasteiger partial charge in [0.15, 0.2) is 4.32 Å². The highest BCUT2D eigenvalue weighted by Crippen LogP contribution is 2.36. The fraction of sp³-hybridized carbons (Fsp3) is 0. The number of carboxylic acids is 1. The van der Waals surface area contributed by atoms with Gasteiger partial charge in [0.2, 0.25) is 0 Å². The maximum absolute atomic E-state index is 12.6. The Hall–Kier alpha value is -2.15. The number of carbonyl (C=O) groups is 2. The van der Waals surface area contributed by atoms with Crippen molar-refractivity contribution in [3.63, 3.8) is 0 Å². The number of thioether (sulfide) groups is 1. The lowest BCUT2D eigenvalue weighted by Crippen LogP contribution is -2.28. The number of thiocarbonyl (C=S) groups is 1. The molecule has 1 amide bonds. The SMILES string of the molecule is O=C([O-])c1ccc(N2C(=O)/C(=C\c3ccccc3Cl)SC2=S)cc1. The third-order valence-corrected chi connectivity index (χ3v) is 4.99. The summed E-state index contributed by atoms with van der Waals surface area (Å²) in [6, 6.07) is 13.0. The molecule has 2 aromatic carbocycles. The summed E-state index contributed by atoms with van der Waals surface area (Å²) in [5.41, 5.74) is 1.27. The molecule has 4 nitrogen and oxygen atoms in total. The lowest BCUT2D eigenvalue weighted by Gasteiger charge is -2.15. The van der Waals surface area contributed by atoms with Gasteiger partial charge in [0, 0.05) is 5.02 Å². The first-order valence-electron chi connectivity index (χ1n) is 6.81. The minimum absolute atomic E-state index is 0.0378. The quantitative estimate of drug-likeness (QED) is 0.610. The molecule has 1 aliphatic heterocycles. The zero-order chi connectivity index (χ0) is 17.3. The van der Waals surface area contributed by atoms with E-state index in [1.807, 2.05) is 18.2 Å². The van der Waals surface area contributed by atoms with Gasteiger partial charge in [-0.25, -0.2) is 0 Å². The summed E-state index contributed by atoms with van der Waals surface area (Å²) in [6.07, 6.45) is 1.69. The Morgan fingerprint density at radius 2 is 1.83 bits per heavy atom. The van der Waals surface area contributed by atoms with Crippen molar-refractivity contribution in [2.45, 2.75) is 0 Å². The van der Waals surface area contributed by atoms with Crippen molar-refractivity contribution in [1.82, 2.24) is 0 Å². The third-order valence-electron chi connectivity index (χ3n) is 3.35. The summed E-state index contributed by atoms with van der Waals surface area (Å²) in [4.78, 5) is 25.3. The number of rotatable bonds is 3. The van der Waals surface area contributed by atoms with E-state index in [1.165, 1.54) is 40.9 Å². The minimum atomic E-state index is -1.27. The molecule has 1 saturated heterocycles. The summed E-state index contributed by atoms with van der Waals surface area (Å²) in [5.74, 6) is -1.54. The first-order chi connectivity index (χ1) is 11.5. The van der Waals surface area contributed by atoms with Crippen molar-refractivity contribution in [2.75, 3.05) is 4.90 Å². The van der Waals surface area contributed by atoms with E-state index < -0.39 is 5.97 Å².